The fraction of sp³-hybridized carbons (Fsp3) is 0.200. The SMILES string of the molecule is CC=N/C=C\C=Cc1cc(Cc2cc(-n3ccnc3)cc(C3(C)C=CC=CN=C3)c2)cc(C2CC=CN=CC2)c1. The van der Waals surface area contributed by atoms with E-state index in [-0.39, 0.29) is 5.41 Å². The minimum absolute atomic E-state index is 0.316. The quantitative estimate of drug-likeness (QED) is 0.217. The van der Waals surface area contributed by atoms with Crippen molar-refractivity contribution < 1.29 is 0 Å². The van der Waals surface area contributed by atoms with Crippen LogP contribution >= 0.6 is 0 Å². The fourth-order valence-corrected chi connectivity index (χ4v) is 5.09. The van der Waals surface area contributed by atoms with Gasteiger partial charge in [-0.1, -0.05) is 54.6 Å². The molecule has 5 rings (SSSR count). The second-order valence-electron chi connectivity index (χ2n) is 10.3. The van der Waals surface area contributed by atoms with Crippen molar-refractivity contribution in [3.8, 4) is 5.69 Å². The third-order valence-electron chi connectivity index (χ3n) is 7.22. The van der Waals surface area contributed by atoms with Gasteiger partial charge in [-0.2, -0.15) is 0 Å². The highest BCUT2D eigenvalue weighted by atomic mass is 15.0. The van der Waals surface area contributed by atoms with Crippen LogP contribution < -0.4 is 0 Å². The van der Waals surface area contributed by atoms with Gasteiger partial charge in [-0.15, -0.1) is 0 Å². The smallest absolute Gasteiger partial charge is 0.0991 e. The van der Waals surface area contributed by atoms with Crippen LogP contribution in [0.25, 0.3) is 11.8 Å². The molecule has 0 saturated heterocycles. The summed E-state index contributed by atoms with van der Waals surface area (Å²) < 4.78 is 2.07. The summed E-state index contributed by atoms with van der Waals surface area (Å²) in [4.78, 5) is 17.3. The number of imidazole rings is 1. The second kappa shape index (κ2) is 12.9. The van der Waals surface area contributed by atoms with Gasteiger partial charge in [0.2, 0.25) is 0 Å². The van der Waals surface area contributed by atoms with E-state index in [1.807, 2.05) is 62.6 Å². The molecular formula is C35H35N5. The molecule has 5 nitrogen and oxygen atoms in total. The van der Waals surface area contributed by atoms with E-state index < -0.39 is 0 Å². The van der Waals surface area contributed by atoms with Gasteiger partial charge in [0.25, 0.3) is 0 Å². The summed E-state index contributed by atoms with van der Waals surface area (Å²) in [5.74, 6) is 0.404. The highest BCUT2D eigenvalue weighted by Crippen LogP contribution is 2.31. The van der Waals surface area contributed by atoms with E-state index in [0.717, 1.165) is 24.9 Å². The van der Waals surface area contributed by atoms with Gasteiger partial charge in [0, 0.05) is 60.7 Å². The number of allylic oxidation sites excluding steroid dienone is 6. The predicted octanol–water partition coefficient (Wildman–Crippen LogP) is 7.95. The highest BCUT2D eigenvalue weighted by molar-refractivity contribution is 5.78. The van der Waals surface area contributed by atoms with Crippen LogP contribution in [-0.2, 0) is 11.8 Å². The van der Waals surface area contributed by atoms with E-state index in [1.165, 1.54) is 27.8 Å². The molecule has 2 aliphatic rings. The Morgan fingerprint density at radius 1 is 1.00 bits per heavy atom. The molecule has 2 aromatic carbocycles. The van der Waals surface area contributed by atoms with Gasteiger partial charge in [-0.25, -0.2) is 4.98 Å². The van der Waals surface area contributed by atoms with Crippen LogP contribution in [0.15, 0.2) is 125 Å². The first kappa shape index (κ1) is 26.9. The predicted molar refractivity (Wildman–Crippen MR) is 169 cm³/mol. The molecule has 0 aliphatic carbocycles. The standard InChI is InChI=1S/C35H35N5/c1-3-36-13-6-4-9-28-19-29(22-32(21-28)31-10-8-15-37-16-11-31)20-30-23-33(35(2)12-5-7-14-38-26-35)25-34(24-30)40-18-17-39-27-40/h3-9,12-19,21-27,31H,10-11,20H2,1-2H3/b9-4?,13-6-,36-3?. The van der Waals surface area contributed by atoms with Crippen molar-refractivity contribution in [2.45, 2.75) is 44.4 Å². The van der Waals surface area contributed by atoms with E-state index in [4.69, 9.17) is 0 Å². The van der Waals surface area contributed by atoms with Gasteiger partial charge < -0.3 is 4.57 Å². The van der Waals surface area contributed by atoms with Crippen LogP contribution in [0.5, 0.6) is 0 Å². The van der Waals surface area contributed by atoms with Crippen molar-refractivity contribution in [3.63, 3.8) is 0 Å². The minimum atomic E-state index is -0.316. The van der Waals surface area contributed by atoms with E-state index in [0.29, 0.717) is 5.92 Å². The van der Waals surface area contributed by atoms with Crippen LogP contribution in [0.3, 0.4) is 0 Å². The zero-order valence-corrected chi connectivity index (χ0v) is 23.1. The molecule has 3 heterocycles. The van der Waals surface area contributed by atoms with Gasteiger partial charge in [-0.3, -0.25) is 15.0 Å². The van der Waals surface area contributed by atoms with Crippen molar-refractivity contribution >= 4 is 24.7 Å². The van der Waals surface area contributed by atoms with Gasteiger partial charge >= 0.3 is 0 Å². The number of rotatable bonds is 8. The van der Waals surface area contributed by atoms with Crippen LogP contribution in [0.2, 0.25) is 0 Å². The van der Waals surface area contributed by atoms with E-state index in [1.54, 1.807) is 12.4 Å². The number of aromatic nitrogens is 2. The first-order valence-electron chi connectivity index (χ1n) is 13.8. The monoisotopic (exact) mass is 525 g/mol. The minimum Gasteiger partial charge on any atom is -0.306 e. The largest absolute Gasteiger partial charge is 0.306 e. The molecule has 200 valence electrons. The van der Waals surface area contributed by atoms with E-state index >= 15 is 0 Å². The molecule has 2 unspecified atom stereocenters. The first-order chi connectivity index (χ1) is 19.6. The van der Waals surface area contributed by atoms with Crippen molar-refractivity contribution in [2.24, 2.45) is 15.0 Å². The average molecular weight is 526 g/mol. The number of nitrogens with zero attached hydrogens (tertiary/aromatic N) is 5. The van der Waals surface area contributed by atoms with E-state index in [9.17, 15) is 0 Å². The molecular weight excluding hydrogens is 490 g/mol. The molecule has 0 fully saturated rings. The normalized spacial score (nSPS) is 20.7. The molecule has 0 spiro atoms. The van der Waals surface area contributed by atoms with Gasteiger partial charge in [0.1, 0.15) is 0 Å². The lowest BCUT2D eigenvalue weighted by Crippen LogP contribution is -2.21. The Morgan fingerprint density at radius 3 is 2.80 bits per heavy atom. The number of hydrogen-bond donors (Lipinski definition) is 0. The topological polar surface area (TPSA) is 54.9 Å². The molecule has 2 aliphatic heterocycles. The molecule has 3 aromatic rings. The Hall–Kier alpha value is -4.64. The Labute approximate surface area is 237 Å². The molecule has 1 aromatic heterocycles. The Morgan fingerprint density at radius 2 is 1.93 bits per heavy atom. The summed E-state index contributed by atoms with van der Waals surface area (Å²) in [6.45, 7) is 4.12. The maximum atomic E-state index is 4.51. The van der Waals surface area contributed by atoms with Crippen LogP contribution in [-0.4, -0.2) is 28.2 Å². The number of hydrogen-bond acceptors (Lipinski definition) is 4. The van der Waals surface area contributed by atoms with Gasteiger partial charge in [0.15, 0.2) is 0 Å². The maximum Gasteiger partial charge on any atom is 0.0991 e. The van der Waals surface area contributed by atoms with Crippen molar-refractivity contribution in [1.29, 1.82) is 0 Å². The lowest BCUT2D eigenvalue weighted by atomic mass is 9.81. The molecule has 0 N–H and O–H groups in total. The Kier molecular flexibility index (Phi) is 8.72. The van der Waals surface area contributed by atoms with Crippen molar-refractivity contribution in [2.75, 3.05) is 0 Å². The van der Waals surface area contributed by atoms with Crippen LogP contribution in [0.1, 0.15) is 60.4 Å². The molecule has 0 amide bonds. The molecule has 40 heavy (non-hydrogen) atoms. The summed E-state index contributed by atoms with van der Waals surface area (Å²) in [6, 6.07) is 13.8. The average Bonchev–Trinajstić information content (AvgIpc) is 3.23. The molecule has 2 atom stereocenters. The second-order valence-corrected chi connectivity index (χ2v) is 10.3. The highest BCUT2D eigenvalue weighted by Gasteiger charge is 2.23. The molecule has 0 bridgehead atoms. The van der Waals surface area contributed by atoms with Gasteiger partial charge in [-0.05, 0) is 91.1 Å². The summed E-state index contributed by atoms with van der Waals surface area (Å²) in [7, 11) is 0. The zero-order chi connectivity index (χ0) is 27.6. The Bertz CT molecular complexity index is 1510. The van der Waals surface area contributed by atoms with Crippen LogP contribution in [0, 0.1) is 0 Å². The summed E-state index contributed by atoms with van der Waals surface area (Å²) in [6.07, 6.45) is 34.4. The molecule has 0 radical (unpaired) electrons. The fourth-order valence-electron chi connectivity index (χ4n) is 5.09. The Balaban J connectivity index is 1.54. The maximum absolute atomic E-state index is 4.51. The van der Waals surface area contributed by atoms with E-state index in [2.05, 4.69) is 98.2 Å². The van der Waals surface area contributed by atoms with Crippen LogP contribution in [0.4, 0.5) is 0 Å². The molecule has 5 heteroatoms. The first-order valence-corrected chi connectivity index (χ1v) is 13.8. The third-order valence-corrected chi connectivity index (χ3v) is 7.22. The summed E-state index contributed by atoms with van der Waals surface area (Å²) >= 11 is 0. The zero-order valence-electron chi connectivity index (χ0n) is 23.1. The number of benzene rings is 2. The summed E-state index contributed by atoms with van der Waals surface area (Å²) in [5, 5.41) is 0. The molecule has 0 saturated carbocycles. The third kappa shape index (κ3) is 6.86. The number of aliphatic imine (C=N–C) groups is 3. The lowest BCUT2D eigenvalue weighted by Gasteiger charge is -2.23. The van der Waals surface area contributed by atoms with Crippen molar-refractivity contribution in [1.82, 2.24) is 9.55 Å². The van der Waals surface area contributed by atoms with Gasteiger partial charge in [0.05, 0.1) is 6.33 Å². The van der Waals surface area contributed by atoms with Crippen molar-refractivity contribution in [3.05, 3.63) is 138 Å². The lowest BCUT2D eigenvalue weighted by molar-refractivity contribution is 0.741. The summed E-state index contributed by atoms with van der Waals surface area (Å²) in [5.41, 5.74) is 7.02.